The Bertz CT molecular complexity index is 2720. The van der Waals surface area contributed by atoms with Gasteiger partial charge >= 0.3 is 0 Å². The number of aromatic nitrogens is 4. The molecular formula is C50H49N7O3S. The molecule has 308 valence electrons. The first kappa shape index (κ1) is 37.9. The first-order chi connectivity index (χ1) is 29.9. The Labute approximate surface area is 360 Å². The lowest BCUT2D eigenvalue weighted by Crippen LogP contribution is -2.47. The SMILES string of the molecule is Cc1sc2c(c1C)C(c1ccc(N3C[C@H]4C[C@@H]3CN4CCOc3ccc([C@@H]4c5ccc(O)cc5CC[C@@H]4c4ccccc4)cc3)cc1)=NC(Cc1ncco1)c1nnc(C)n1-2. The summed E-state index contributed by atoms with van der Waals surface area (Å²) in [7, 11) is 0. The number of aliphatic imine (C=N–C) groups is 1. The molecular weight excluding hydrogens is 779 g/mol. The maximum atomic E-state index is 10.2. The van der Waals surface area contributed by atoms with Gasteiger partial charge in [-0.15, -0.1) is 21.5 Å². The van der Waals surface area contributed by atoms with Crippen LogP contribution in [-0.2, 0) is 12.8 Å². The van der Waals surface area contributed by atoms with Crippen LogP contribution in [-0.4, -0.2) is 73.8 Å². The van der Waals surface area contributed by atoms with Gasteiger partial charge in [0.2, 0.25) is 0 Å². The van der Waals surface area contributed by atoms with Crippen LogP contribution in [0.5, 0.6) is 11.5 Å². The molecule has 4 aliphatic rings. The average molecular weight is 828 g/mol. The largest absolute Gasteiger partial charge is 0.508 e. The minimum absolute atomic E-state index is 0.226. The lowest BCUT2D eigenvalue weighted by molar-refractivity contribution is 0.188. The van der Waals surface area contributed by atoms with E-state index in [2.05, 4.69) is 128 Å². The van der Waals surface area contributed by atoms with Gasteiger partial charge in [0.15, 0.2) is 11.7 Å². The number of hydrogen-bond donors (Lipinski definition) is 1. The van der Waals surface area contributed by atoms with E-state index in [1.807, 2.05) is 19.1 Å². The summed E-state index contributed by atoms with van der Waals surface area (Å²) < 4.78 is 14.2. The fourth-order valence-electron chi connectivity index (χ4n) is 10.5. The monoisotopic (exact) mass is 827 g/mol. The zero-order valence-corrected chi connectivity index (χ0v) is 35.6. The molecule has 5 atom stereocenters. The van der Waals surface area contributed by atoms with Gasteiger partial charge in [-0.1, -0.05) is 60.7 Å². The molecule has 3 aromatic heterocycles. The summed E-state index contributed by atoms with van der Waals surface area (Å²) in [4.78, 5) is 16.3. The Kier molecular flexibility index (Phi) is 9.61. The smallest absolute Gasteiger partial charge is 0.196 e. The normalized spacial score (nSPS) is 21.8. The Balaban J connectivity index is 0.754. The average Bonchev–Trinajstić information content (AvgIpc) is 4.13. The van der Waals surface area contributed by atoms with Crippen molar-refractivity contribution in [1.82, 2.24) is 24.6 Å². The molecule has 1 unspecified atom stereocenters. The highest BCUT2D eigenvalue weighted by Crippen LogP contribution is 2.47. The van der Waals surface area contributed by atoms with Crippen LogP contribution < -0.4 is 9.64 Å². The van der Waals surface area contributed by atoms with E-state index in [4.69, 9.17) is 14.1 Å². The lowest BCUT2D eigenvalue weighted by Gasteiger charge is -2.35. The lowest BCUT2D eigenvalue weighted by atomic mass is 9.69. The Morgan fingerprint density at radius 2 is 1.72 bits per heavy atom. The summed E-state index contributed by atoms with van der Waals surface area (Å²) in [6.45, 7) is 10.0. The van der Waals surface area contributed by atoms with Crippen molar-refractivity contribution in [1.29, 1.82) is 0 Å². The van der Waals surface area contributed by atoms with Crippen molar-refractivity contribution in [2.45, 2.75) is 76.4 Å². The molecule has 3 aliphatic heterocycles. The van der Waals surface area contributed by atoms with Crippen molar-refractivity contribution in [3.63, 3.8) is 0 Å². The number of hydrogen-bond acceptors (Lipinski definition) is 10. The predicted molar refractivity (Wildman–Crippen MR) is 239 cm³/mol. The summed E-state index contributed by atoms with van der Waals surface area (Å²) in [6.07, 6.45) is 6.98. The van der Waals surface area contributed by atoms with Crippen LogP contribution in [0.1, 0.15) is 92.1 Å². The van der Waals surface area contributed by atoms with E-state index < -0.39 is 0 Å². The molecule has 1 aliphatic carbocycles. The molecule has 10 nitrogen and oxygen atoms in total. The van der Waals surface area contributed by atoms with Crippen LogP contribution in [0.4, 0.5) is 5.69 Å². The zero-order chi connectivity index (χ0) is 41.2. The van der Waals surface area contributed by atoms with Crippen molar-refractivity contribution >= 4 is 22.7 Å². The maximum absolute atomic E-state index is 10.2. The van der Waals surface area contributed by atoms with Gasteiger partial charge in [-0.25, -0.2) is 4.98 Å². The fraction of sp³-hybridized carbons (Fsp3) is 0.320. The number of phenols is 1. The number of aryl methyl sites for hydroxylation is 3. The quantitative estimate of drug-likeness (QED) is 0.146. The highest BCUT2D eigenvalue weighted by atomic mass is 32.1. The number of piperazine rings is 1. The predicted octanol–water partition coefficient (Wildman–Crippen LogP) is 9.29. The molecule has 2 saturated heterocycles. The number of oxazole rings is 1. The van der Waals surface area contributed by atoms with Crippen LogP contribution in [0.15, 0.2) is 119 Å². The van der Waals surface area contributed by atoms with Crippen molar-refractivity contribution in [2.24, 2.45) is 4.99 Å². The van der Waals surface area contributed by atoms with Gasteiger partial charge in [-0.2, -0.15) is 0 Å². The molecule has 6 heterocycles. The standard InChI is InChI=1S/C50H49N7O3S/c1-30-31(2)61-50-46(30)48(52-44(27-45-51-21-23-60-45)49-54-53-32(3)57(49)50)35-9-14-37(15-10-35)56-29-38-26-39(56)28-55(38)22-24-59-41-17-11-34(12-18-41)47-42(33-7-5-4-6-8-33)19-13-36-25-40(58)16-20-43(36)47/h4-12,14-18,20-21,23,25,38-39,42,44,47,58H,13,19,22,24,26-29H2,1-3H3/t38-,39-,42-,44?,47+/m1/s1. The minimum Gasteiger partial charge on any atom is -0.508 e. The van der Waals surface area contributed by atoms with Crippen molar-refractivity contribution in [3.8, 4) is 16.5 Å². The van der Waals surface area contributed by atoms with Crippen molar-refractivity contribution in [3.05, 3.63) is 171 Å². The second-order valence-corrected chi connectivity index (χ2v) is 18.3. The number of ether oxygens (including phenoxy) is 1. The molecule has 0 spiro atoms. The van der Waals surface area contributed by atoms with E-state index in [0.717, 1.165) is 71.7 Å². The summed E-state index contributed by atoms with van der Waals surface area (Å²) >= 11 is 1.77. The number of rotatable bonds is 10. The van der Waals surface area contributed by atoms with Crippen LogP contribution >= 0.6 is 11.3 Å². The van der Waals surface area contributed by atoms with Gasteiger partial charge in [0.25, 0.3) is 0 Å². The van der Waals surface area contributed by atoms with E-state index in [9.17, 15) is 5.11 Å². The van der Waals surface area contributed by atoms with Gasteiger partial charge in [0.05, 0.1) is 18.3 Å². The van der Waals surface area contributed by atoms with Gasteiger partial charge in [0, 0.05) is 59.3 Å². The number of nitrogens with zero attached hydrogens (tertiary/aromatic N) is 7. The van der Waals surface area contributed by atoms with E-state index in [1.54, 1.807) is 23.8 Å². The topological polar surface area (TPSA) is 105 Å². The minimum atomic E-state index is -0.290. The third-order valence-corrected chi connectivity index (χ3v) is 14.8. The third kappa shape index (κ3) is 6.84. The molecule has 0 radical (unpaired) electrons. The van der Waals surface area contributed by atoms with Gasteiger partial charge in [-0.05, 0) is 110 Å². The van der Waals surface area contributed by atoms with E-state index >= 15 is 0 Å². The number of likely N-dealkylation sites (tertiary alicyclic amines) is 1. The molecule has 7 aromatic rings. The highest BCUT2D eigenvalue weighted by Gasteiger charge is 2.43. The molecule has 0 amide bonds. The van der Waals surface area contributed by atoms with Gasteiger partial charge in [-0.3, -0.25) is 14.5 Å². The second kappa shape index (κ2) is 15.5. The number of anilines is 1. The first-order valence-electron chi connectivity index (χ1n) is 21.6. The molecule has 2 bridgehead atoms. The number of phenolic OH excluding ortho intramolecular Hbond substituents is 1. The Morgan fingerprint density at radius 1 is 0.885 bits per heavy atom. The summed E-state index contributed by atoms with van der Waals surface area (Å²) in [5.41, 5.74) is 10.9. The number of benzene rings is 4. The number of fused-ring (bicyclic) bond motifs is 6. The molecule has 61 heavy (non-hydrogen) atoms. The Morgan fingerprint density at radius 3 is 2.49 bits per heavy atom. The summed E-state index contributed by atoms with van der Waals surface area (Å²) in [6, 6.07) is 35.3. The van der Waals surface area contributed by atoms with E-state index in [1.165, 1.54) is 44.8 Å². The fourth-order valence-corrected chi connectivity index (χ4v) is 11.7. The van der Waals surface area contributed by atoms with E-state index in [0.29, 0.717) is 42.7 Å². The second-order valence-electron chi connectivity index (χ2n) is 17.1. The number of thiophene rings is 1. The molecule has 1 N–H and O–H groups in total. The Hall–Kier alpha value is -6.04. The molecule has 4 aromatic carbocycles. The van der Waals surface area contributed by atoms with Gasteiger partial charge in [0.1, 0.15) is 41.2 Å². The summed E-state index contributed by atoms with van der Waals surface area (Å²) in [5.74, 6) is 4.15. The molecule has 11 heteroatoms. The first-order valence-corrected chi connectivity index (χ1v) is 22.4. The molecule has 11 rings (SSSR count). The highest BCUT2D eigenvalue weighted by molar-refractivity contribution is 7.15. The maximum Gasteiger partial charge on any atom is 0.196 e. The van der Waals surface area contributed by atoms with Crippen LogP contribution in [0, 0.1) is 20.8 Å². The van der Waals surface area contributed by atoms with Crippen LogP contribution in [0.3, 0.4) is 0 Å². The van der Waals surface area contributed by atoms with Crippen molar-refractivity contribution < 1.29 is 14.3 Å². The van der Waals surface area contributed by atoms with Gasteiger partial charge < -0.3 is 19.2 Å². The third-order valence-electron chi connectivity index (χ3n) is 13.6. The summed E-state index contributed by atoms with van der Waals surface area (Å²) in [5, 5.41) is 20.5. The van der Waals surface area contributed by atoms with E-state index in [-0.39, 0.29) is 12.0 Å². The molecule has 0 saturated carbocycles. The number of aromatic hydroxyl groups is 1. The van der Waals surface area contributed by atoms with Crippen LogP contribution in [0.25, 0.3) is 5.00 Å². The van der Waals surface area contributed by atoms with Crippen molar-refractivity contribution in [2.75, 3.05) is 31.1 Å². The molecule has 2 fully saturated rings. The van der Waals surface area contributed by atoms with Crippen LogP contribution in [0.2, 0.25) is 0 Å². The zero-order valence-electron chi connectivity index (χ0n) is 34.7.